The summed E-state index contributed by atoms with van der Waals surface area (Å²) in [6.07, 6.45) is 0. The van der Waals surface area contributed by atoms with E-state index in [1.165, 1.54) is 18.2 Å². The van der Waals surface area contributed by atoms with Crippen molar-refractivity contribution in [3.63, 3.8) is 0 Å². The Bertz CT molecular complexity index is 631. The zero-order valence-corrected chi connectivity index (χ0v) is 10.8. The molecular formula is C11H12N2O5S. The molecule has 1 aromatic rings. The Hall–Kier alpha value is -1.95. The third kappa shape index (κ3) is 3.75. The van der Waals surface area contributed by atoms with E-state index in [1.54, 1.807) is 6.07 Å². The predicted molar refractivity (Wildman–Crippen MR) is 64.6 cm³/mol. The molecule has 0 heterocycles. The molecule has 1 rings (SSSR count). The summed E-state index contributed by atoms with van der Waals surface area (Å²) in [6, 6.07) is 7.04. The number of benzene rings is 1. The van der Waals surface area contributed by atoms with Gasteiger partial charge in [-0.25, -0.2) is 17.9 Å². The predicted octanol–water partition coefficient (Wildman–Crippen LogP) is -0.328. The number of aliphatic carboxylic acids is 1. The maximum atomic E-state index is 11.8. The van der Waals surface area contributed by atoms with Crippen molar-refractivity contribution in [1.29, 1.82) is 5.26 Å². The minimum atomic E-state index is -3.98. The molecule has 0 amide bonds. The highest BCUT2D eigenvalue weighted by Gasteiger charge is 2.31. The number of carbonyl (C=O) groups is 1. The number of hydrogen-bond donors (Lipinski definition) is 3. The minimum absolute atomic E-state index is 0.160. The average molecular weight is 284 g/mol. The summed E-state index contributed by atoms with van der Waals surface area (Å²) in [5.74, 6) is -1.54. The second-order valence-corrected chi connectivity index (χ2v) is 5.81. The van der Waals surface area contributed by atoms with Crippen LogP contribution in [-0.4, -0.2) is 36.7 Å². The van der Waals surface area contributed by atoms with E-state index < -0.39 is 28.1 Å². The third-order valence-corrected chi connectivity index (χ3v) is 3.74. The van der Waals surface area contributed by atoms with E-state index >= 15 is 0 Å². The van der Waals surface area contributed by atoms with Gasteiger partial charge in [0.25, 0.3) is 0 Å². The topological polar surface area (TPSA) is 127 Å². The fourth-order valence-corrected chi connectivity index (χ4v) is 2.30. The number of nitrogens with one attached hydrogen (secondary N) is 1. The Kier molecular flexibility index (Phi) is 4.26. The van der Waals surface area contributed by atoms with Gasteiger partial charge < -0.3 is 10.2 Å². The molecule has 19 heavy (non-hydrogen) atoms. The second-order valence-electron chi connectivity index (χ2n) is 4.04. The van der Waals surface area contributed by atoms with E-state index in [1.807, 2.05) is 4.72 Å². The second kappa shape index (κ2) is 5.36. The van der Waals surface area contributed by atoms with E-state index in [2.05, 4.69) is 0 Å². The number of hydrogen-bond acceptors (Lipinski definition) is 5. The SMILES string of the molecule is CC(O)(CNS(=O)(=O)c1cccc(C#N)c1)C(=O)O. The Morgan fingerprint density at radius 1 is 1.53 bits per heavy atom. The van der Waals surface area contributed by atoms with Crippen molar-refractivity contribution in [2.45, 2.75) is 17.4 Å². The Morgan fingerprint density at radius 3 is 2.68 bits per heavy atom. The molecule has 3 N–H and O–H groups in total. The number of rotatable bonds is 5. The van der Waals surface area contributed by atoms with Crippen molar-refractivity contribution < 1.29 is 23.4 Å². The fraction of sp³-hybridized carbons (Fsp3) is 0.273. The fourth-order valence-electron chi connectivity index (χ4n) is 1.13. The van der Waals surface area contributed by atoms with Crippen LogP contribution < -0.4 is 4.72 Å². The van der Waals surface area contributed by atoms with Crippen LogP contribution in [0.3, 0.4) is 0 Å². The lowest BCUT2D eigenvalue weighted by molar-refractivity contribution is -0.155. The first kappa shape index (κ1) is 15.1. The molecule has 0 saturated heterocycles. The summed E-state index contributed by atoms with van der Waals surface area (Å²) in [7, 11) is -3.98. The number of nitriles is 1. The van der Waals surface area contributed by atoms with Gasteiger partial charge >= 0.3 is 5.97 Å². The van der Waals surface area contributed by atoms with Crippen LogP contribution in [0.5, 0.6) is 0 Å². The van der Waals surface area contributed by atoms with Gasteiger partial charge in [-0.05, 0) is 25.1 Å². The first-order chi connectivity index (χ1) is 8.69. The summed E-state index contributed by atoms with van der Waals surface area (Å²) < 4.78 is 25.7. The van der Waals surface area contributed by atoms with Crippen LogP contribution in [0.4, 0.5) is 0 Å². The van der Waals surface area contributed by atoms with E-state index in [9.17, 15) is 18.3 Å². The molecule has 0 radical (unpaired) electrons. The van der Waals surface area contributed by atoms with Crippen molar-refractivity contribution >= 4 is 16.0 Å². The van der Waals surface area contributed by atoms with Crippen molar-refractivity contribution in [3.05, 3.63) is 29.8 Å². The standard InChI is InChI=1S/C11H12N2O5S/c1-11(16,10(14)15)7-13-19(17,18)9-4-2-3-8(5-9)6-12/h2-5,13,16H,7H2,1H3,(H,14,15). The van der Waals surface area contributed by atoms with Gasteiger partial charge in [0, 0.05) is 0 Å². The Morgan fingerprint density at radius 2 is 2.16 bits per heavy atom. The van der Waals surface area contributed by atoms with Crippen LogP contribution in [0.25, 0.3) is 0 Å². The van der Waals surface area contributed by atoms with E-state index in [0.29, 0.717) is 0 Å². The molecule has 0 aromatic heterocycles. The van der Waals surface area contributed by atoms with Crippen LogP contribution in [0.15, 0.2) is 29.2 Å². The summed E-state index contributed by atoms with van der Waals surface area (Å²) >= 11 is 0. The van der Waals surface area contributed by atoms with Gasteiger partial charge in [0.05, 0.1) is 23.1 Å². The van der Waals surface area contributed by atoms with Gasteiger partial charge in [-0.1, -0.05) is 6.07 Å². The number of sulfonamides is 1. The minimum Gasteiger partial charge on any atom is -0.479 e. The number of carboxylic acids is 1. The van der Waals surface area contributed by atoms with Crippen LogP contribution >= 0.6 is 0 Å². The molecule has 0 fully saturated rings. The highest BCUT2D eigenvalue weighted by atomic mass is 32.2. The summed E-state index contributed by atoms with van der Waals surface area (Å²) in [5.41, 5.74) is -2.05. The molecular weight excluding hydrogens is 272 g/mol. The normalized spacial score (nSPS) is 14.4. The highest BCUT2D eigenvalue weighted by Crippen LogP contribution is 2.12. The van der Waals surface area contributed by atoms with Crippen molar-refractivity contribution in [2.24, 2.45) is 0 Å². The Labute approximate surface area is 110 Å². The van der Waals surface area contributed by atoms with Gasteiger partial charge in [-0.2, -0.15) is 5.26 Å². The summed E-state index contributed by atoms with van der Waals surface area (Å²) in [4.78, 5) is 10.5. The molecule has 1 aromatic carbocycles. The molecule has 102 valence electrons. The molecule has 7 nitrogen and oxygen atoms in total. The zero-order chi connectivity index (χ0) is 14.7. The smallest absolute Gasteiger partial charge is 0.336 e. The van der Waals surface area contributed by atoms with Gasteiger partial charge in [-0.3, -0.25) is 0 Å². The van der Waals surface area contributed by atoms with Crippen molar-refractivity contribution in [3.8, 4) is 6.07 Å². The third-order valence-electron chi connectivity index (χ3n) is 2.34. The number of nitrogens with zero attached hydrogens (tertiary/aromatic N) is 1. The van der Waals surface area contributed by atoms with Crippen molar-refractivity contribution in [2.75, 3.05) is 6.54 Å². The number of carboxylic acid groups (broad SMARTS) is 1. The quantitative estimate of drug-likeness (QED) is 0.679. The van der Waals surface area contributed by atoms with Gasteiger partial charge in [0.2, 0.25) is 10.0 Å². The first-order valence-corrected chi connectivity index (χ1v) is 6.63. The molecule has 0 saturated carbocycles. The lowest BCUT2D eigenvalue weighted by atomic mass is 10.1. The van der Waals surface area contributed by atoms with Gasteiger partial charge in [-0.15, -0.1) is 0 Å². The summed E-state index contributed by atoms with van der Waals surface area (Å²) in [5, 5.41) is 26.8. The zero-order valence-electron chi connectivity index (χ0n) is 9.99. The molecule has 0 aliphatic rings. The maximum absolute atomic E-state index is 11.8. The molecule has 1 atom stereocenters. The molecule has 1 unspecified atom stereocenters. The molecule has 0 spiro atoms. The maximum Gasteiger partial charge on any atom is 0.336 e. The van der Waals surface area contributed by atoms with E-state index in [0.717, 1.165) is 13.0 Å². The van der Waals surface area contributed by atoms with Crippen LogP contribution in [0.2, 0.25) is 0 Å². The van der Waals surface area contributed by atoms with Gasteiger partial charge in [0.15, 0.2) is 5.60 Å². The monoisotopic (exact) mass is 284 g/mol. The first-order valence-electron chi connectivity index (χ1n) is 5.15. The van der Waals surface area contributed by atoms with Crippen molar-refractivity contribution in [1.82, 2.24) is 4.72 Å². The van der Waals surface area contributed by atoms with E-state index in [-0.39, 0.29) is 10.5 Å². The summed E-state index contributed by atoms with van der Waals surface area (Å²) in [6.45, 7) is 0.297. The van der Waals surface area contributed by atoms with Crippen LogP contribution in [-0.2, 0) is 14.8 Å². The molecule has 0 bridgehead atoms. The van der Waals surface area contributed by atoms with Crippen LogP contribution in [0, 0.1) is 11.3 Å². The molecule has 8 heteroatoms. The molecule has 0 aliphatic heterocycles. The highest BCUT2D eigenvalue weighted by molar-refractivity contribution is 7.89. The lowest BCUT2D eigenvalue weighted by Gasteiger charge is -2.18. The number of aliphatic hydroxyl groups is 1. The largest absolute Gasteiger partial charge is 0.479 e. The van der Waals surface area contributed by atoms with E-state index in [4.69, 9.17) is 10.4 Å². The van der Waals surface area contributed by atoms with Gasteiger partial charge in [0.1, 0.15) is 0 Å². The lowest BCUT2D eigenvalue weighted by Crippen LogP contribution is -2.46. The Balaban J connectivity index is 2.94. The molecule has 0 aliphatic carbocycles. The van der Waals surface area contributed by atoms with Crippen LogP contribution in [0.1, 0.15) is 12.5 Å². The average Bonchev–Trinajstić information content (AvgIpc) is 2.36.